The molecule has 0 aromatic heterocycles. The van der Waals surface area contributed by atoms with Crippen molar-refractivity contribution in [3.63, 3.8) is 0 Å². The number of nitrogens with one attached hydrogen (secondary N) is 1. The molecule has 0 unspecified atom stereocenters. The number of carbonyl (C=O) groups excluding carboxylic acids is 1. The van der Waals surface area contributed by atoms with E-state index in [1.807, 2.05) is 54.6 Å². The monoisotopic (exact) mass is 401 g/mol. The van der Waals surface area contributed by atoms with Gasteiger partial charge >= 0.3 is 0 Å². The maximum atomic E-state index is 12.3. The van der Waals surface area contributed by atoms with Crippen LogP contribution in [-0.4, -0.2) is 25.9 Å². The first kappa shape index (κ1) is 19.4. The summed E-state index contributed by atoms with van der Waals surface area (Å²) in [5.41, 5.74) is 0.944. The van der Waals surface area contributed by atoms with E-state index in [9.17, 15) is 4.79 Å². The van der Waals surface area contributed by atoms with Crippen LogP contribution in [0.4, 0.5) is 0 Å². The Morgan fingerprint density at radius 1 is 1.04 bits per heavy atom. The van der Waals surface area contributed by atoms with Gasteiger partial charge in [-0.05, 0) is 35.2 Å². The Bertz CT molecular complexity index is 956. The standard InChI is InChI=1S/C21H20ClNO3S/c1-25-17-10-9-14(11-18(17)26-2)12-23-20(24)13-27-19-8-4-6-15-5-3-7-16(22)21(15)19/h3-11H,12-13H2,1-2H3,(H,23,24). The lowest BCUT2D eigenvalue weighted by atomic mass is 10.1. The third-order valence-electron chi connectivity index (χ3n) is 4.11. The van der Waals surface area contributed by atoms with Crippen LogP contribution in [0.25, 0.3) is 10.8 Å². The maximum absolute atomic E-state index is 12.3. The molecule has 3 aromatic rings. The summed E-state index contributed by atoms with van der Waals surface area (Å²) < 4.78 is 10.5. The molecule has 0 saturated heterocycles. The van der Waals surface area contributed by atoms with E-state index < -0.39 is 0 Å². The molecule has 0 fully saturated rings. The molecular weight excluding hydrogens is 382 g/mol. The second-order valence-corrected chi connectivity index (χ2v) is 7.27. The smallest absolute Gasteiger partial charge is 0.230 e. The van der Waals surface area contributed by atoms with Crippen molar-refractivity contribution in [2.45, 2.75) is 11.4 Å². The number of carbonyl (C=O) groups is 1. The quantitative estimate of drug-likeness (QED) is 0.571. The Kier molecular flexibility index (Phi) is 6.48. The third kappa shape index (κ3) is 4.67. The van der Waals surface area contributed by atoms with E-state index in [1.54, 1.807) is 14.2 Å². The van der Waals surface area contributed by atoms with Crippen molar-refractivity contribution in [1.29, 1.82) is 0 Å². The highest BCUT2D eigenvalue weighted by molar-refractivity contribution is 8.00. The summed E-state index contributed by atoms with van der Waals surface area (Å²) in [6.45, 7) is 0.427. The first-order chi connectivity index (χ1) is 13.1. The van der Waals surface area contributed by atoms with Crippen LogP contribution in [0.5, 0.6) is 11.5 Å². The number of benzene rings is 3. The number of hydrogen-bond donors (Lipinski definition) is 1. The Morgan fingerprint density at radius 2 is 1.78 bits per heavy atom. The van der Waals surface area contributed by atoms with Crippen molar-refractivity contribution in [1.82, 2.24) is 5.32 Å². The van der Waals surface area contributed by atoms with Gasteiger partial charge in [0.1, 0.15) is 0 Å². The summed E-state index contributed by atoms with van der Waals surface area (Å²) in [4.78, 5) is 13.3. The average Bonchev–Trinajstić information content (AvgIpc) is 2.70. The fraction of sp³-hybridized carbons (Fsp3) is 0.190. The molecule has 0 spiro atoms. The molecule has 0 heterocycles. The van der Waals surface area contributed by atoms with Gasteiger partial charge < -0.3 is 14.8 Å². The molecule has 1 amide bonds. The Morgan fingerprint density at radius 3 is 2.52 bits per heavy atom. The van der Waals surface area contributed by atoms with E-state index in [2.05, 4.69) is 5.32 Å². The molecule has 0 saturated carbocycles. The molecule has 4 nitrogen and oxygen atoms in total. The van der Waals surface area contributed by atoms with Gasteiger partial charge in [-0.15, -0.1) is 11.8 Å². The summed E-state index contributed by atoms with van der Waals surface area (Å²) in [6.07, 6.45) is 0. The second kappa shape index (κ2) is 9.02. The molecule has 6 heteroatoms. The largest absolute Gasteiger partial charge is 0.493 e. The zero-order valence-corrected chi connectivity index (χ0v) is 16.7. The number of rotatable bonds is 7. The van der Waals surface area contributed by atoms with Crippen LogP contribution < -0.4 is 14.8 Å². The van der Waals surface area contributed by atoms with Gasteiger partial charge in [0.05, 0.1) is 20.0 Å². The number of halogens is 1. The predicted octanol–water partition coefficient (Wildman–Crippen LogP) is 4.92. The molecule has 0 aliphatic rings. The molecule has 0 aliphatic carbocycles. The van der Waals surface area contributed by atoms with Crippen LogP contribution in [0.1, 0.15) is 5.56 Å². The van der Waals surface area contributed by atoms with Crippen LogP contribution >= 0.6 is 23.4 Å². The Labute approximate surface area is 167 Å². The maximum Gasteiger partial charge on any atom is 0.230 e. The number of thioether (sulfide) groups is 1. The molecule has 27 heavy (non-hydrogen) atoms. The van der Waals surface area contributed by atoms with E-state index >= 15 is 0 Å². The SMILES string of the molecule is COc1ccc(CNC(=O)CSc2cccc3cccc(Cl)c23)cc1OC. The number of fused-ring (bicyclic) bond motifs is 1. The number of methoxy groups -OCH3 is 2. The molecule has 1 N–H and O–H groups in total. The molecule has 0 atom stereocenters. The average molecular weight is 402 g/mol. The van der Waals surface area contributed by atoms with Crippen molar-refractivity contribution in [3.8, 4) is 11.5 Å². The Hall–Kier alpha value is -2.37. The highest BCUT2D eigenvalue weighted by Gasteiger charge is 2.09. The van der Waals surface area contributed by atoms with Crippen molar-refractivity contribution in [3.05, 3.63) is 65.2 Å². The third-order valence-corrected chi connectivity index (χ3v) is 5.48. The molecule has 0 bridgehead atoms. The van der Waals surface area contributed by atoms with Gasteiger partial charge in [-0.2, -0.15) is 0 Å². The molecule has 0 aliphatic heterocycles. The van der Waals surface area contributed by atoms with Crippen molar-refractivity contribution >= 4 is 40.0 Å². The topological polar surface area (TPSA) is 47.6 Å². The van der Waals surface area contributed by atoms with E-state index in [-0.39, 0.29) is 5.91 Å². The van der Waals surface area contributed by atoms with Crippen LogP contribution in [0, 0.1) is 0 Å². The fourth-order valence-electron chi connectivity index (χ4n) is 2.77. The first-order valence-electron chi connectivity index (χ1n) is 8.40. The molecular formula is C21H20ClNO3S. The lowest BCUT2D eigenvalue weighted by Crippen LogP contribution is -2.24. The van der Waals surface area contributed by atoms with Crippen LogP contribution in [0.2, 0.25) is 5.02 Å². The minimum atomic E-state index is -0.0427. The minimum Gasteiger partial charge on any atom is -0.493 e. The van der Waals surface area contributed by atoms with Crippen LogP contribution in [0.15, 0.2) is 59.5 Å². The summed E-state index contributed by atoms with van der Waals surface area (Å²) in [5, 5.41) is 5.68. The Balaban J connectivity index is 1.61. The van der Waals surface area contributed by atoms with Gasteiger partial charge in [0.25, 0.3) is 0 Å². The summed E-state index contributed by atoms with van der Waals surface area (Å²) in [6, 6.07) is 17.4. The predicted molar refractivity (Wildman–Crippen MR) is 111 cm³/mol. The normalized spacial score (nSPS) is 10.6. The molecule has 140 valence electrons. The molecule has 0 radical (unpaired) electrons. The van der Waals surface area contributed by atoms with Crippen LogP contribution in [-0.2, 0) is 11.3 Å². The lowest BCUT2D eigenvalue weighted by Gasteiger charge is -2.11. The van der Waals surface area contributed by atoms with Crippen molar-refractivity contribution < 1.29 is 14.3 Å². The van der Waals surface area contributed by atoms with Gasteiger partial charge in [-0.1, -0.05) is 41.9 Å². The summed E-state index contributed by atoms with van der Waals surface area (Å²) in [7, 11) is 3.18. The van der Waals surface area contributed by atoms with E-state index in [4.69, 9.17) is 21.1 Å². The highest BCUT2D eigenvalue weighted by Crippen LogP contribution is 2.33. The van der Waals surface area contributed by atoms with E-state index in [0.717, 1.165) is 21.2 Å². The second-order valence-electron chi connectivity index (χ2n) is 5.85. The molecule has 3 aromatic carbocycles. The lowest BCUT2D eigenvalue weighted by molar-refractivity contribution is -0.118. The number of amides is 1. The number of ether oxygens (including phenoxy) is 2. The van der Waals surface area contributed by atoms with E-state index in [0.29, 0.717) is 28.8 Å². The number of hydrogen-bond acceptors (Lipinski definition) is 4. The van der Waals surface area contributed by atoms with Gasteiger partial charge in [-0.3, -0.25) is 4.79 Å². The van der Waals surface area contributed by atoms with Crippen molar-refractivity contribution in [2.75, 3.05) is 20.0 Å². The van der Waals surface area contributed by atoms with Gasteiger partial charge in [0, 0.05) is 21.8 Å². The van der Waals surface area contributed by atoms with E-state index in [1.165, 1.54) is 11.8 Å². The summed E-state index contributed by atoms with van der Waals surface area (Å²) >= 11 is 7.82. The summed E-state index contributed by atoms with van der Waals surface area (Å²) in [5.74, 6) is 1.58. The zero-order chi connectivity index (χ0) is 19.2. The van der Waals surface area contributed by atoms with Crippen molar-refractivity contribution in [2.24, 2.45) is 0 Å². The zero-order valence-electron chi connectivity index (χ0n) is 15.1. The highest BCUT2D eigenvalue weighted by atomic mass is 35.5. The minimum absolute atomic E-state index is 0.0427. The van der Waals surface area contributed by atoms with Gasteiger partial charge in [-0.25, -0.2) is 0 Å². The van der Waals surface area contributed by atoms with Gasteiger partial charge in [0.2, 0.25) is 5.91 Å². The molecule has 3 rings (SSSR count). The van der Waals surface area contributed by atoms with Gasteiger partial charge in [0.15, 0.2) is 11.5 Å². The fourth-order valence-corrected chi connectivity index (χ4v) is 4.04. The van der Waals surface area contributed by atoms with Crippen LogP contribution in [0.3, 0.4) is 0 Å². The first-order valence-corrected chi connectivity index (χ1v) is 9.76.